The van der Waals surface area contributed by atoms with Crippen LogP contribution in [-0.2, 0) is 16.1 Å². The number of imide groups is 1. The molecule has 1 unspecified atom stereocenters. The molecule has 2 aliphatic heterocycles. The van der Waals surface area contributed by atoms with Gasteiger partial charge in [-0.25, -0.2) is 0 Å². The number of nitrogens with one attached hydrogen (secondary N) is 1. The largest absolute Gasteiger partial charge is 0.374 e. The summed E-state index contributed by atoms with van der Waals surface area (Å²) in [5, 5.41) is 14.4. The zero-order valence-electron chi connectivity index (χ0n) is 9.27. The van der Waals surface area contributed by atoms with Crippen molar-refractivity contribution in [2.75, 3.05) is 0 Å². The average Bonchev–Trinajstić information content (AvgIpc) is 2.87. The molecule has 3 heterocycles. The molecular weight excluding hydrogens is 240 g/mol. The number of amides is 2. The maximum Gasteiger partial charge on any atom is 0.244 e. The SMILES string of the molecule is Cc1scc2c1CN([C@H]1CC(=O)NC1=O)C2O. The minimum absolute atomic E-state index is 0.142. The van der Waals surface area contributed by atoms with Crippen LogP contribution in [0.2, 0.25) is 0 Å². The van der Waals surface area contributed by atoms with Crippen LogP contribution in [0.3, 0.4) is 0 Å². The van der Waals surface area contributed by atoms with Crippen LogP contribution in [-0.4, -0.2) is 27.9 Å². The van der Waals surface area contributed by atoms with Gasteiger partial charge < -0.3 is 5.11 Å². The highest BCUT2D eigenvalue weighted by Crippen LogP contribution is 2.39. The van der Waals surface area contributed by atoms with E-state index < -0.39 is 12.3 Å². The monoisotopic (exact) mass is 252 g/mol. The number of hydrogen-bond donors (Lipinski definition) is 2. The molecule has 6 heteroatoms. The summed E-state index contributed by atoms with van der Waals surface area (Å²) in [5.41, 5.74) is 1.97. The van der Waals surface area contributed by atoms with Gasteiger partial charge in [0.25, 0.3) is 0 Å². The number of fused-ring (bicyclic) bond motifs is 1. The van der Waals surface area contributed by atoms with E-state index in [1.165, 1.54) is 0 Å². The Morgan fingerprint density at radius 1 is 1.53 bits per heavy atom. The maximum absolute atomic E-state index is 11.6. The minimum Gasteiger partial charge on any atom is -0.374 e. The van der Waals surface area contributed by atoms with Crippen molar-refractivity contribution in [2.24, 2.45) is 0 Å². The first-order valence-corrected chi connectivity index (χ1v) is 6.30. The molecule has 5 nitrogen and oxygen atoms in total. The van der Waals surface area contributed by atoms with Crippen LogP contribution in [0, 0.1) is 6.92 Å². The van der Waals surface area contributed by atoms with E-state index in [1.54, 1.807) is 16.2 Å². The Balaban J connectivity index is 1.89. The van der Waals surface area contributed by atoms with Crippen molar-refractivity contribution in [2.45, 2.75) is 32.2 Å². The van der Waals surface area contributed by atoms with Gasteiger partial charge in [0.05, 0.1) is 6.42 Å². The molecule has 2 aliphatic rings. The quantitative estimate of drug-likeness (QED) is 0.704. The molecule has 17 heavy (non-hydrogen) atoms. The Hall–Kier alpha value is -1.24. The van der Waals surface area contributed by atoms with Crippen molar-refractivity contribution in [3.8, 4) is 0 Å². The predicted octanol–water partition coefficient (Wildman–Crippen LogP) is 0.278. The fourth-order valence-corrected chi connectivity index (χ4v) is 3.35. The highest BCUT2D eigenvalue weighted by molar-refractivity contribution is 7.10. The molecule has 3 rings (SSSR count). The van der Waals surface area contributed by atoms with Gasteiger partial charge >= 0.3 is 0 Å². The number of nitrogens with zero attached hydrogens (tertiary/aromatic N) is 1. The van der Waals surface area contributed by atoms with Crippen molar-refractivity contribution in [3.63, 3.8) is 0 Å². The highest BCUT2D eigenvalue weighted by Gasteiger charge is 2.42. The second kappa shape index (κ2) is 3.63. The van der Waals surface area contributed by atoms with Crippen LogP contribution in [0.15, 0.2) is 5.38 Å². The fourth-order valence-electron chi connectivity index (χ4n) is 2.45. The van der Waals surface area contributed by atoms with E-state index in [2.05, 4.69) is 5.32 Å². The first kappa shape index (κ1) is 10.9. The van der Waals surface area contributed by atoms with E-state index in [0.717, 1.165) is 16.0 Å². The summed E-state index contributed by atoms with van der Waals surface area (Å²) in [6.45, 7) is 2.54. The van der Waals surface area contributed by atoms with E-state index in [1.807, 2.05) is 12.3 Å². The van der Waals surface area contributed by atoms with Gasteiger partial charge in [0.2, 0.25) is 11.8 Å². The lowest BCUT2D eigenvalue weighted by atomic mass is 10.2. The first-order chi connectivity index (χ1) is 8.08. The van der Waals surface area contributed by atoms with Crippen LogP contribution in [0.1, 0.15) is 28.7 Å². The number of rotatable bonds is 1. The standard InChI is InChI=1S/C11H12N2O3S/c1-5-6-3-13(11(16)7(6)4-17-5)8-2-9(14)12-10(8)15/h4,8,11,16H,2-3H2,1H3,(H,12,14,15)/t8-,11?/m0/s1. The van der Waals surface area contributed by atoms with E-state index in [9.17, 15) is 14.7 Å². The average molecular weight is 252 g/mol. The fraction of sp³-hybridized carbons (Fsp3) is 0.455. The van der Waals surface area contributed by atoms with Crippen molar-refractivity contribution in [1.82, 2.24) is 10.2 Å². The molecule has 90 valence electrons. The number of hydrogen-bond acceptors (Lipinski definition) is 5. The van der Waals surface area contributed by atoms with Crippen molar-refractivity contribution in [1.29, 1.82) is 0 Å². The highest BCUT2D eigenvalue weighted by atomic mass is 32.1. The summed E-state index contributed by atoms with van der Waals surface area (Å²) in [6.07, 6.45) is -0.626. The maximum atomic E-state index is 11.6. The molecule has 1 saturated heterocycles. The summed E-state index contributed by atoms with van der Waals surface area (Å²) in [6, 6.07) is -0.533. The predicted molar refractivity (Wildman–Crippen MR) is 61.1 cm³/mol. The van der Waals surface area contributed by atoms with Crippen LogP contribution in [0.5, 0.6) is 0 Å². The Morgan fingerprint density at radius 2 is 2.29 bits per heavy atom. The molecule has 0 saturated carbocycles. The van der Waals surface area contributed by atoms with E-state index >= 15 is 0 Å². The second-order valence-corrected chi connectivity index (χ2v) is 5.49. The Labute approximate surface area is 102 Å². The van der Waals surface area contributed by atoms with Gasteiger partial charge in [0.1, 0.15) is 12.3 Å². The number of aliphatic hydroxyl groups is 1. The number of thiophene rings is 1. The summed E-state index contributed by atoms with van der Waals surface area (Å²) in [4.78, 5) is 25.6. The van der Waals surface area contributed by atoms with Crippen LogP contribution >= 0.6 is 11.3 Å². The molecule has 1 aromatic rings. The van der Waals surface area contributed by atoms with Gasteiger partial charge in [-0.2, -0.15) is 0 Å². The third kappa shape index (κ3) is 1.52. The normalized spacial score (nSPS) is 28.6. The molecule has 1 aromatic heterocycles. The van der Waals surface area contributed by atoms with Gasteiger partial charge in [-0.05, 0) is 17.9 Å². The van der Waals surface area contributed by atoms with Crippen molar-refractivity contribution >= 4 is 23.2 Å². The number of aliphatic hydroxyl groups excluding tert-OH is 1. The topological polar surface area (TPSA) is 69.6 Å². The molecule has 2 N–H and O–H groups in total. The third-order valence-electron chi connectivity index (χ3n) is 3.41. The van der Waals surface area contributed by atoms with E-state index in [0.29, 0.717) is 6.54 Å². The minimum atomic E-state index is -0.767. The van der Waals surface area contributed by atoms with E-state index in [-0.39, 0.29) is 18.2 Å². The van der Waals surface area contributed by atoms with Crippen LogP contribution in [0.4, 0.5) is 0 Å². The summed E-state index contributed by atoms with van der Waals surface area (Å²) in [5.74, 6) is -0.571. The lowest BCUT2D eigenvalue weighted by molar-refractivity contribution is -0.129. The van der Waals surface area contributed by atoms with E-state index in [4.69, 9.17) is 0 Å². The number of carbonyl (C=O) groups excluding carboxylic acids is 2. The van der Waals surface area contributed by atoms with Crippen molar-refractivity contribution < 1.29 is 14.7 Å². The Bertz CT molecular complexity index is 511. The molecule has 2 amide bonds. The third-order valence-corrected chi connectivity index (χ3v) is 4.39. The molecule has 2 atom stereocenters. The first-order valence-electron chi connectivity index (χ1n) is 5.42. The molecule has 0 radical (unpaired) electrons. The number of carbonyl (C=O) groups is 2. The Kier molecular flexibility index (Phi) is 2.32. The van der Waals surface area contributed by atoms with Crippen LogP contribution < -0.4 is 5.32 Å². The van der Waals surface area contributed by atoms with Crippen molar-refractivity contribution in [3.05, 3.63) is 21.4 Å². The molecule has 1 fully saturated rings. The second-order valence-electron chi connectivity index (χ2n) is 4.40. The lowest BCUT2D eigenvalue weighted by Gasteiger charge is -2.24. The van der Waals surface area contributed by atoms with Gasteiger partial charge in [-0.1, -0.05) is 0 Å². The molecule has 0 spiro atoms. The lowest BCUT2D eigenvalue weighted by Crippen LogP contribution is -2.39. The molecular formula is C11H12N2O3S. The molecule has 0 aliphatic carbocycles. The zero-order valence-corrected chi connectivity index (χ0v) is 10.1. The molecule has 0 aromatic carbocycles. The van der Waals surface area contributed by atoms with Crippen LogP contribution in [0.25, 0.3) is 0 Å². The summed E-state index contributed by atoms with van der Waals surface area (Å²) < 4.78 is 0. The smallest absolute Gasteiger partial charge is 0.244 e. The molecule has 0 bridgehead atoms. The van der Waals surface area contributed by atoms with Gasteiger partial charge in [-0.3, -0.25) is 19.8 Å². The summed E-state index contributed by atoms with van der Waals surface area (Å²) >= 11 is 1.60. The summed E-state index contributed by atoms with van der Waals surface area (Å²) in [7, 11) is 0. The Morgan fingerprint density at radius 3 is 2.88 bits per heavy atom. The van der Waals surface area contributed by atoms with Gasteiger partial charge in [0.15, 0.2) is 0 Å². The van der Waals surface area contributed by atoms with Gasteiger partial charge in [0, 0.05) is 17.0 Å². The zero-order chi connectivity index (χ0) is 12.2. The van der Waals surface area contributed by atoms with Gasteiger partial charge in [-0.15, -0.1) is 11.3 Å². The number of aryl methyl sites for hydroxylation is 1.